The van der Waals surface area contributed by atoms with Crippen LogP contribution in [0.25, 0.3) is 0 Å². The molecule has 0 N–H and O–H groups in total. The fourth-order valence-electron chi connectivity index (χ4n) is 3.58. The third-order valence-corrected chi connectivity index (χ3v) is 9.90. The topological polar surface area (TPSA) is 52.6 Å². The van der Waals surface area contributed by atoms with Crippen LogP contribution in [0.2, 0.25) is 0 Å². The van der Waals surface area contributed by atoms with Crippen LogP contribution >= 0.6 is 46.1 Å². The van der Waals surface area contributed by atoms with Gasteiger partial charge >= 0.3 is 0 Å². The molecule has 0 saturated carbocycles. The monoisotopic (exact) mass is 560 g/mol. The van der Waals surface area contributed by atoms with Crippen molar-refractivity contribution in [2.75, 3.05) is 17.8 Å². The van der Waals surface area contributed by atoms with Gasteiger partial charge in [0.25, 0.3) is 10.1 Å². The minimum Gasteiger partial charge on any atom is -0.370 e. The van der Waals surface area contributed by atoms with E-state index < -0.39 is 10.1 Å². The molecule has 0 aliphatic carbocycles. The molecule has 4 atom stereocenters. The number of allylic oxidation sites excluding steroid dienone is 1. The first-order valence-electron chi connectivity index (χ1n) is 9.93. The lowest BCUT2D eigenvalue weighted by atomic mass is 9.97. The standard InChI is InChI=1S/C20H33IO4S3/c1-14(16(3)21)12-18(25-28(4,22)23)6-8-19-15(2)13-17(24-19)7-9-20-26-10-5-11-27-20/h14,17-20H,2-3,5-13H2,1,4H3/t14-,17-,18+,19-/m0/s1. The molecule has 0 unspecified atom stereocenters. The van der Waals surface area contributed by atoms with Crippen LogP contribution in [0.4, 0.5) is 0 Å². The fraction of sp³-hybridized carbons (Fsp3) is 0.800. The van der Waals surface area contributed by atoms with Gasteiger partial charge in [-0.15, -0.1) is 23.5 Å². The average Bonchev–Trinajstić information content (AvgIpc) is 2.97. The Morgan fingerprint density at radius 2 is 2.00 bits per heavy atom. The number of rotatable bonds is 11. The Hall–Kier alpha value is 0.780. The molecule has 0 bridgehead atoms. The second-order valence-corrected chi connectivity index (χ2v) is 13.7. The maximum absolute atomic E-state index is 11.6. The summed E-state index contributed by atoms with van der Waals surface area (Å²) in [5, 5.41) is 0. The van der Waals surface area contributed by atoms with E-state index in [4.69, 9.17) is 8.92 Å². The van der Waals surface area contributed by atoms with Gasteiger partial charge < -0.3 is 4.74 Å². The van der Waals surface area contributed by atoms with Gasteiger partial charge in [-0.2, -0.15) is 8.42 Å². The molecular formula is C20H33IO4S3. The number of hydrogen-bond acceptors (Lipinski definition) is 6. The Balaban J connectivity index is 1.80. The highest BCUT2D eigenvalue weighted by molar-refractivity contribution is 14.1. The van der Waals surface area contributed by atoms with Gasteiger partial charge in [-0.25, -0.2) is 0 Å². The van der Waals surface area contributed by atoms with Crippen LogP contribution < -0.4 is 0 Å². The molecule has 0 radical (unpaired) electrons. The van der Waals surface area contributed by atoms with Crippen LogP contribution in [-0.2, 0) is 19.0 Å². The second kappa shape index (κ2) is 12.0. The minimum atomic E-state index is -3.49. The molecule has 0 spiro atoms. The van der Waals surface area contributed by atoms with Crippen LogP contribution in [-0.4, -0.2) is 49.1 Å². The third-order valence-electron chi connectivity index (χ3n) is 5.14. The first-order valence-corrected chi connectivity index (χ1v) is 14.9. The molecule has 2 fully saturated rings. The van der Waals surface area contributed by atoms with Gasteiger partial charge in [0.2, 0.25) is 0 Å². The lowest BCUT2D eigenvalue weighted by molar-refractivity contribution is 0.0348. The van der Waals surface area contributed by atoms with Crippen LogP contribution in [0.5, 0.6) is 0 Å². The molecule has 0 amide bonds. The van der Waals surface area contributed by atoms with Crippen LogP contribution in [0.15, 0.2) is 22.3 Å². The zero-order valence-corrected chi connectivity index (χ0v) is 21.5. The number of halogens is 1. The molecule has 162 valence electrons. The highest BCUT2D eigenvalue weighted by atomic mass is 127. The molecule has 2 rings (SSSR count). The van der Waals surface area contributed by atoms with Gasteiger partial charge in [-0.3, -0.25) is 4.18 Å². The van der Waals surface area contributed by atoms with Crippen molar-refractivity contribution in [2.45, 2.75) is 74.8 Å². The summed E-state index contributed by atoms with van der Waals surface area (Å²) in [5.41, 5.74) is 1.14. The molecule has 2 saturated heterocycles. The summed E-state index contributed by atoms with van der Waals surface area (Å²) in [6.45, 7) is 10.2. The molecular weight excluding hydrogens is 527 g/mol. The van der Waals surface area contributed by atoms with Crippen molar-refractivity contribution in [1.29, 1.82) is 0 Å². The van der Waals surface area contributed by atoms with Crippen molar-refractivity contribution >= 4 is 56.2 Å². The first-order chi connectivity index (χ1) is 13.1. The predicted octanol–water partition coefficient (Wildman–Crippen LogP) is 5.78. The number of thioether (sulfide) groups is 2. The normalized spacial score (nSPS) is 26.3. The zero-order valence-electron chi connectivity index (χ0n) is 16.9. The van der Waals surface area contributed by atoms with Gasteiger partial charge in [0.05, 0.1) is 29.1 Å². The summed E-state index contributed by atoms with van der Waals surface area (Å²) in [4.78, 5) is 0. The Morgan fingerprint density at radius 3 is 2.61 bits per heavy atom. The largest absolute Gasteiger partial charge is 0.370 e. The van der Waals surface area contributed by atoms with Crippen molar-refractivity contribution in [3.05, 3.63) is 22.3 Å². The fourth-order valence-corrected chi connectivity index (χ4v) is 7.40. The summed E-state index contributed by atoms with van der Waals surface area (Å²) in [6.07, 6.45) is 7.60. The highest BCUT2D eigenvalue weighted by Gasteiger charge is 2.31. The van der Waals surface area contributed by atoms with E-state index in [9.17, 15) is 8.42 Å². The summed E-state index contributed by atoms with van der Waals surface area (Å²) >= 11 is 6.36. The SMILES string of the molecule is C=C1C[C@H](CCC2SCCCS2)O[C@H]1CC[C@H](C[C@H](C)C(=C)I)OS(C)(=O)=O. The third kappa shape index (κ3) is 9.29. The quantitative estimate of drug-likeness (QED) is 0.182. The Labute approximate surface area is 193 Å². The van der Waals surface area contributed by atoms with Crippen molar-refractivity contribution < 1.29 is 17.3 Å². The van der Waals surface area contributed by atoms with Gasteiger partial charge in [-0.1, -0.05) is 20.1 Å². The van der Waals surface area contributed by atoms with Crippen LogP contribution in [0.1, 0.15) is 51.9 Å². The molecule has 2 aliphatic rings. The van der Waals surface area contributed by atoms with Crippen molar-refractivity contribution in [1.82, 2.24) is 0 Å². The lowest BCUT2D eigenvalue weighted by Gasteiger charge is -2.23. The van der Waals surface area contributed by atoms with Crippen molar-refractivity contribution in [2.24, 2.45) is 5.92 Å². The van der Waals surface area contributed by atoms with Crippen LogP contribution in [0.3, 0.4) is 0 Å². The van der Waals surface area contributed by atoms with E-state index in [0.717, 1.165) is 34.7 Å². The molecule has 4 nitrogen and oxygen atoms in total. The number of ether oxygens (including phenoxy) is 1. The van der Waals surface area contributed by atoms with Gasteiger partial charge in [0.15, 0.2) is 0 Å². The Morgan fingerprint density at radius 1 is 1.32 bits per heavy atom. The molecule has 0 aromatic carbocycles. The lowest BCUT2D eigenvalue weighted by Crippen LogP contribution is -2.23. The van der Waals surface area contributed by atoms with E-state index in [0.29, 0.717) is 17.4 Å². The van der Waals surface area contributed by atoms with E-state index in [-0.39, 0.29) is 24.2 Å². The van der Waals surface area contributed by atoms with E-state index >= 15 is 0 Å². The summed E-state index contributed by atoms with van der Waals surface area (Å²) in [5.74, 6) is 2.77. The Kier molecular flexibility index (Phi) is 10.7. The summed E-state index contributed by atoms with van der Waals surface area (Å²) in [6, 6.07) is 0. The average molecular weight is 561 g/mol. The van der Waals surface area contributed by atoms with Gasteiger partial charge in [0, 0.05) is 0 Å². The van der Waals surface area contributed by atoms with Crippen molar-refractivity contribution in [3.63, 3.8) is 0 Å². The highest BCUT2D eigenvalue weighted by Crippen LogP contribution is 2.37. The number of hydrogen-bond donors (Lipinski definition) is 0. The van der Waals surface area contributed by atoms with Crippen molar-refractivity contribution in [3.8, 4) is 0 Å². The Bertz CT molecular complexity index is 631. The van der Waals surface area contributed by atoms with Crippen LogP contribution in [0, 0.1) is 5.92 Å². The van der Waals surface area contributed by atoms with E-state index in [2.05, 4.69) is 66.2 Å². The minimum absolute atomic E-state index is 0.0143. The van der Waals surface area contributed by atoms with E-state index in [1.165, 1.54) is 24.3 Å². The molecule has 0 aromatic heterocycles. The maximum Gasteiger partial charge on any atom is 0.264 e. The smallest absolute Gasteiger partial charge is 0.264 e. The molecule has 28 heavy (non-hydrogen) atoms. The molecule has 2 heterocycles. The molecule has 2 aliphatic heterocycles. The van der Waals surface area contributed by atoms with Gasteiger partial charge in [0.1, 0.15) is 0 Å². The predicted molar refractivity (Wildman–Crippen MR) is 131 cm³/mol. The van der Waals surface area contributed by atoms with E-state index in [1.807, 2.05) is 0 Å². The zero-order chi connectivity index (χ0) is 20.7. The molecule has 8 heteroatoms. The summed E-state index contributed by atoms with van der Waals surface area (Å²) < 4.78 is 36.6. The molecule has 0 aromatic rings. The first kappa shape index (κ1) is 25.0. The maximum atomic E-state index is 11.6. The van der Waals surface area contributed by atoms with Gasteiger partial charge in [-0.05, 0) is 94.1 Å². The van der Waals surface area contributed by atoms with E-state index in [1.54, 1.807) is 0 Å². The second-order valence-electron chi connectivity index (χ2n) is 7.79. The summed E-state index contributed by atoms with van der Waals surface area (Å²) in [7, 11) is -3.49.